The first kappa shape index (κ1) is 21.2. The number of methoxy groups -OCH3 is 1. The molecule has 1 aromatic carbocycles. The van der Waals surface area contributed by atoms with Gasteiger partial charge >= 0.3 is 0 Å². The number of nitrogens with one attached hydrogen (secondary N) is 1. The van der Waals surface area contributed by atoms with Crippen LogP contribution in [-0.2, 0) is 22.7 Å². The molecular formula is C22H28N6O3. The van der Waals surface area contributed by atoms with E-state index in [2.05, 4.69) is 20.3 Å². The number of piperidine rings is 1. The van der Waals surface area contributed by atoms with E-state index in [4.69, 9.17) is 4.74 Å². The van der Waals surface area contributed by atoms with Crippen molar-refractivity contribution in [3.8, 4) is 0 Å². The molecule has 164 valence electrons. The van der Waals surface area contributed by atoms with Gasteiger partial charge in [0.2, 0.25) is 5.91 Å². The summed E-state index contributed by atoms with van der Waals surface area (Å²) < 4.78 is 7.10. The number of hydrogen-bond acceptors (Lipinski definition) is 7. The lowest BCUT2D eigenvalue weighted by Crippen LogP contribution is -2.54. The summed E-state index contributed by atoms with van der Waals surface area (Å²) in [6.07, 6.45) is 2.98. The lowest BCUT2D eigenvalue weighted by molar-refractivity contribution is -0.123. The molecule has 2 aromatic heterocycles. The number of para-hydroxylation sites is 2. The molecule has 0 spiro atoms. The summed E-state index contributed by atoms with van der Waals surface area (Å²) in [6, 6.07) is 9.59. The third kappa shape index (κ3) is 4.83. The summed E-state index contributed by atoms with van der Waals surface area (Å²) in [7, 11) is 1.60. The molecule has 4 rings (SSSR count). The standard InChI is InChI=1S/C22H28N6O3/c1-16-10-19(25-15-24-16)27-9-5-8-22(30,14-27)13-23-21(29)11-28-18-7-4-3-6-17(18)26-20(28)12-31-2/h3-4,6-7,10,15,30H,5,8-9,11-14H2,1-2H3,(H,23,29). The van der Waals surface area contributed by atoms with Crippen LogP contribution in [-0.4, -0.2) is 62.9 Å². The van der Waals surface area contributed by atoms with Gasteiger partial charge in [0.05, 0.1) is 16.6 Å². The minimum atomic E-state index is -1.01. The number of aliphatic hydroxyl groups is 1. The molecule has 0 saturated carbocycles. The van der Waals surface area contributed by atoms with Gasteiger partial charge in [0.15, 0.2) is 0 Å². The molecule has 1 aliphatic rings. The van der Waals surface area contributed by atoms with Crippen molar-refractivity contribution in [1.82, 2.24) is 24.8 Å². The highest BCUT2D eigenvalue weighted by atomic mass is 16.5. The van der Waals surface area contributed by atoms with Crippen molar-refractivity contribution >= 4 is 22.8 Å². The summed E-state index contributed by atoms with van der Waals surface area (Å²) in [5, 5.41) is 14.0. The van der Waals surface area contributed by atoms with Crippen LogP contribution in [0.3, 0.4) is 0 Å². The Kier molecular flexibility index (Phi) is 6.15. The van der Waals surface area contributed by atoms with E-state index < -0.39 is 5.60 Å². The number of benzene rings is 1. The molecule has 1 saturated heterocycles. The highest BCUT2D eigenvalue weighted by Crippen LogP contribution is 2.24. The Morgan fingerprint density at radius 3 is 2.97 bits per heavy atom. The minimum absolute atomic E-state index is 0.115. The van der Waals surface area contributed by atoms with Crippen molar-refractivity contribution in [2.45, 2.75) is 38.5 Å². The van der Waals surface area contributed by atoms with Gasteiger partial charge in [-0.3, -0.25) is 4.79 Å². The van der Waals surface area contributed by atoms with E-state index in [9.17, 15) is 9.90 Å². The van der Waals surface area contributed by atoms with Gasteiger partial charge in [-0.15, -0.1) is 0 Å². The largest absolute Gasteiger partial charge is 0.386 e. The third-order valence-corrected chi connectivity index (χ3v) is 5.59. The van der Waals surface area contributed by atoms with Crippen molar-refractivity contribution in [2.75, 3.05) is 31.6 Å². The van der Waals surface area contributed by atoms with Crippen LogP contribution < -0.4 is 10.2 Å². The smallest absolute Gasteiger partial charge is 0.240 e. The Bertz CT molecular complexity index is 1070. The van der Waals surface area contributed by atoms with Crippen molar-refractivity contribution < 1.29 is 14.6 Å². The summed E-state index contributed by atoms with van der Waals surface area (Å²) in [6.45, 7) is 3.75. The van der Waals surface area contributed by atoms with Crippen LogP contribution in [0.5, 0.6) is 0 Å². The molecule has 0 radical (unpaired) electrons. The SMILES string of the molecule is COCc1nc2ccccc2n1CC(=O)NCC1(O)CCCN(c2cc(C)ncn2)C1. The molecule has 1 amide bonds. The number of rotatable bonds is 7. The van der Waals surface area contributed by atoms with Crippen molar-refractivity contribution in [2.24, 2.45) is 0 Å². The van der Waals surface area contributed by atoms with E-state index in [1.54, 1.807) is 7.11 Å². The fourth-order valence-corrected chi connectivity index (χ4v) is 4.07. The Morgan fingerprint density at radius 2 is 2.16 bits per heavy atom. The van der Waals surface area contributed by atoms with Gasteiger partial charge in [0.1, 0.15) is 31.1 Å². The van der Waals surface area contributed by atoms with Crippen LogP contribution in [0, 0.1) is 6.92 Å². The Morgan fingerprint density at radius 1 is 1.32 bits per heavy atom. The maximum absolute atomic E-state index is 12.7. The van der Waals surface area contributed by atoms with Gasteiger partial charge in [-0.05, 0) is 31.9 Å². The summed E-state index contributed by atoms with van der Waals surface area (Å²) in [5.41, 5.74) is 1.57. The second-order valence-corrected chi connectivity index (χ2v) is 8.08. The zero-order valence-electron chi connectivity index (χ0n) is 17.9. The van der Waals surface area contributed by atoms with Crippen LogP contribution in [0.15, 0.2) is 36.7 Å². The minimum Gasteiger partial charge on any atom is -0.386 e. The summed E-state index contributed by atoms with van der Waals surface area (Å²) >= 11 is 0. The van der Waals surface area contributed by atoms with Gasteiger partial charge in [0, 0.05) is 38.5 Å². The molecule has 9 nitrogen and oxygen atoms in total. The average molecular weight is 425 g/mol. The van der Waals surface area contributed by atoms with E-state index in [1.807, 2.05) is 46.7 Å². The fraction of sp³-hybridized carbons (Fsp3) is 0.455. The number of hydrogen-bond donors (Lipinski definition) is 2. The molecule has 1 fully saturated rings. The summed E-state index contributed by atoms with van der Waals surface area (Å²) in [5.74, 6) is 1.32. The number of carbonyl (C=O) groups is 1. The predicted octanol–water partition coefficient (Wildman–Crippen LogP) is 1.43. The highest BCUT2D eigenvalue weighted by Gasteiger charge is 2.34. The number of aryl methyl sites for hydroxylation is 1. The molecule has 3 aromatic rings. The van der Waals surface area contributed by atoms with E-state index in [1.165, 1.54) is 6.33 Å². The number of anilines is 1. The number of carbonyl (C=O) groups excluding carboxylic acids is 1. The van der Waals surface area contributed by atoms with Gasteiger partial charge in [-0.25, -0.2) is 15.0 Å². The number of amides is 1. The van der Waals surface area contributed by atoms with Gasteiger partial charge in [-0.1, -0.05) is 12.1 Å². The van der Waals surface area contributed by atoms with E-state index >= 15 is 0 Å². The molecule has 31 heavy (non-hydrogen) atoms. The third-order valence-electron chi connectivity index (χ3n) is 5.59. The molecule has 3 heterocycles. The van der Waals surface area contributed by atoms with Crippen LogP contribution in [0.25, 0.3) is 11.0 Å². The maximum atomic E-state index is 12.7. The van der Waals surface area contributed by atoms with Gasteiger partial charge in [0.25, 0.3) is 0 Å². The molecule has 1 unspecified atom stereocenters. The normalized spacial score (nSPS) is 19.0. The number of imidazole rings is 1. The first-order chi connectivity index (χ1) is 15.0. The molecule has 0 bridgehead atoms. The Balaban J connectivity index is 1.41. The van der Waals surface area contributed by atoms with Crippen LogP contribution in [0.4, 0.5) is 5.82 Å². The zero-order chi connectivity index (χ0) is 21.8. The lowest BCUT2D eigenvalue weighted by Gasteiger charge is -2.39. The quantitative estimate of drug-likeness (QED) is 0.591. The predicted molar refractivity (Wildman–Crippen MR) is 117 cm³/mol. The van der Waals surface area contributed by atoms with Crippen LogP contribution in [0.1, 0.15) is 24.4 Å². The molecule has 2 N–H and O–H groups in total. The topological polar surface area (TPSA) is 105 Å². The molecule has 9 heteroatoms. The molecule has 0 aliphatic carbocycles. The lowest BCUT2D eigenvalue weighted by atomic mass is 9.92. The summed E-state index contributed by atoms with van der Waals surface area (Å²) in [4.78, 5) is 27.8. The Hall–Kier alpha value is -3.04. The van der Waals surface area contributed by atoms with Crippen molar-refractivity contribution in [3.05, 3.63) is 48.2 Å². The molecule has 1 atom stereocenters. The van der Waals surface area contributed by atoms with Crippen molar-refractivity contribution in [3.63, 3.8) is 0 Å². The van der Waals surface area contributed by atoms with Crippen LogP contribution >= 0.6 is 0 Å². The number of nitrogens with zero attached hydrogens (tertiary/aromatic N) is 5. The number of aromatic nitrogens is 4. The number of ether oxygens (including phenoxy) is 1. The van der Waals surface area contributed by atoms with Crippen LogP contribution in [0.2, 0.25) is 0 Å². The van der Waals surface area contributed by atoms with E-state index in [0.29, 0.717) is 25.4 Å². The molecular weight excluding hydrogens is 396 g/mol. The number of β-amino-alcohol motifs (C(OH)–C–C–N with tert-alkyl or cyclic N) is 1. The highest BCUT2D eigenvalue weighted by molar-refractivity contribution is 5.81. The fourth-order valence-electron chi connectivity index (χ4n) is 4.07. The van der Waals surface area contributed by atoms with Gasteiger partial charge < -0.3 is 24.6 Å². The number of fused-ring (bicyclic) bond motifs is 1. The second-order valence-electron chi connectivity index (χ2n) is 8.08. The average Bonchev–Trinajstić information content (AvgIpc) is 3.10. The monoisotopic (exact) mass is 424 g/mol. The van der Waals surface area contributed by atoms with Crippen molar-refractivity contribution in [1.29, 1.82) is 0 Å². The maximum Gasteiger partial charge on any atom is 0.240 e. The van der Waals surface area contributed by atoms with E-state index in [-0.39, 0.29) is 19.0 Å². The first-order valence-electron chi connectivity index (χ1n) is 10.4. The Labute approximate surface area is 181 Å². The zero-order valence-corrected chi connectivity index (χ0v) is 17.9. The molecule has 1 aliphatic heterocycles. The second kappa shape index (κ2) is 8.99. The first-order valence-corrected chi connectivity index (χ1v) is 10.4. The van der Waals surface area contributed by atoms with E-state index in [0.717, 1.165) is 35.5 Å². The van der Waals surface area contributed by atoms with Gasteiger partial charge in [-0.2, -0.15) is 0 Å².